The summed E-state index contributed by atoms with van der Waals surface area (Å²) in [6, 6.07) is 11.8. The zero-order valence-corrected chi connectivity index (χ0v) is 20.2. The predicted molar refractivity (Wildman–Crippen MR) is 129 cm³/mol. The Morgan fingerprint density at radius 3 is 2.18 bits per heavy atom. The van der Waals surface area contributed by atoms with Crippen LogP contribution in [0.5, 0.6) is 23.0 Å². The van der Waals surface area contributed by atoms with Crippen molar-refractivity contribution in [2.24, 2.45) is 0 Å². The van der Waals surface area contributed by atoms with Crippen molar-refractivity contribution in [1.29, 1.82) is 0 Å². The molecule has 33 heavy (non-hydrogen) atoms. The maximum absolute atomic E-state index is 13.0. The molecule has 1 aliphatic heterocycles. The summed E-state index contributed by atoms with van der Waals surface area (Å²) in [6.07, 6.45) is 1.81. The zero-order valence-electron chi connectivity index (χ0n) is 20.2. The number of methoxy groups -OCH3 is 1. The van der Waals surface area contributed by atoms with Gasteiger partial charge in [-0.25, -0.2) is 0 Å². The minimum atomic E-state index is -0.119. The molecule has 180 valence electrons. The van der Waals surface area contributed by atoms with Gasteiger partial charge in [-0.3, -0.25) is 9.69 Å². The first kappa shape index (κ1) is 24.7. The molecular weight excluding hydrogens is 420 g/mol. The van der Waals surface area contributed by atoms with E-state index in [1.807, 2.05) is 32.9 Å². The summed E-state index contributed by atoms with van der Waals surface area (Å²) in [6.45, 7) is 9.90. The van der Waals surface area contributed by atoms with Crippen LogP contribution >= 0.6 is 0 Å². The zero-order chi connectivity index (χ0) is 23.6. The molecule has 1 aliphatic rings. The molecule has 1 amide bonds. The molecule has 2 aromatic carbocycles. The number of nitrogens with zero attached hydrogens (tertiary/aromatic N) is 1. The maximum Gasteiger partial charge on any atom is 0.251 e. The predicted octanol–water partition coefficient (Wildman–Crippen LogP) is 4.29. The number of amides is 1. The molecule has 1 N–H and O–H groups in total. The van der Waals surface area contributed by atoms with Gasteiger partial charge in [0, 0.05) is 31.2 Å². The third-order valence-corrected chi connectivity index (χ3v) is 5.63. The molecule has 2 aromatic rings. The summed E-state index contributed by atoms with van der Waals surface area (Å²) in [5.74, 6) is 2.37. The first-order valence-corrected chi connectivity index (χ1v) is 11.8. The van der Waals surface area contributed by atoms with Crippen molar-refractivity contribution in [2.45, 2.75) is 46.2 Å². The van der Waals surface area contributed by atoms with Gasteiger partial charge in [-0.05, 0) is 63.4 Å². The number of carbonyl (C=O) groups is 1. The molecule has 0 atom stereocenters. The average Bonchev–Trinajstić information content (AvgIpc) is 2.82. The molecule has 0 unspecified atom stereocenters. The lowest BCUT2D eigenvalue weighted by Gasteiger charge is -2.32. The van der Waals surface area contributed by atoms with E-state index in [4.69, 9.17) is 18.9 Å². The summed E-state index contributed by atoms with van der Waals surface area (Å²) in [4.78, 5) is 15.5. The summed E-state index contributed by atoms with van der Waals surface area (Å²) in [5, 5.41) is 3.19. The summed E-state index contributed by atoms with van der Waals surface area (Å²) < 4.78 is 22.5. The van der Waals surface area contributed by atoms with Crippen molar-refractivity contribution in [1.82, 2.24) is 10.2 Å². The third kappa shape index (κ3) is 6.78. The number of hydrogen-bond donors (Lipinski definition) is 1. The van der Waals surface area contributed by atoms with Crippen molar-refractivity contribution in [3.8, 4) is 23.0 Å². The van der Waals surface area contributed by atoms with Crippen LogP contribution in [0.15, 0.2) is 36.4 Å². The molecule has 3 rings (SSSR count). The summed E-state index contributed by atoms with van der Waals surface area (Å²) in [7, 11) is 1.69. The first-order chi connectivity index (χ1) is 16.1. The van der Waals surface area contributed by atoms with Crippen LogP contribution in [-0.4, -0.2) is 56.9 Å². The largest absolute Gasteiger partial charge is 0.497 e. The quantitative estimate of drug-likeness (QED) is 0.544. The molecule has 0 radical (unpaired) electrons. The van der Waals surface area contributed by atoms with Crippen molar-refractivity contribution >= 4 is 5.91 Å². The van der Waals surface area contributed by atoms with Crippen molar-refractivity contribution in [2.75, 3.05) is 40.0 Å². The van der Waals surface area contributed by atoms with E-state index >= 15 is 0 Å². The van der Waals surface area contributed by atoms with Crippen LogP contribution in [0.3, 0.4) is 0 Å². The molecule has 0 aliphatic carbocycles. The standard InChI is InChI=1S/C26H36N2O5/c1-5-31-23-16-20(17-24(32-6-2)25(23)33-7-3)26(29)27-21-11-13-28(14-12-21)18-19-9-8-10-22(15-19)30-4/h8-10,15-17,21H,5-7,11-14,18H2,1-4H3,(H,27,29). The minimum Gasteiger partial charge on any atom is -0.497 e. The van der Waals surface area contributed by atoms with Gasteiger partial charge in [-0.1, -0.05) is 12.1 Å². The van der Waals surface area contributed by atoms with E-state index in [0.29, 0.717) is 42.6 Å². The molecule has 1 saturated heterocycles. The molecule has 7 nitrogen and oxygen atoms in total. The second-order valence-electron chi connectivity index (χ2n) is 7.98. The normalized spacial score (nSPS) is 14.5. The lowest BCUT2D eigenvalue weighted by atomic mass is 10.0. The smallest absolute Gasteiger partial charge is 0.251 e. The molecule has 0 aromatic heterocycles. The van der Waals surface area contributed by atoms with Crippen molar-refractivity contribution in [3.05, 3.63) is 47.5 Å². The second kappa shape index (κ2) is 12.3. The Kier molecular flexibility index (Phi) is 9.24. The highest BCUT2D eigenvalue weighted by atomic mass is 16.5. The van der Waals surface area contributed by atoms with Crippen molar-refractivity contribution in [3.63, 3.8) is 0 Å². The van der Waals surface area contributed by atoms with Gasteiger partial charge in [0.1, 0.15) is 5.75 Å². The van der Waals surface area contributed by atoms with Gasteiger partial charge < -0.3 is 24.3 Å². The Morgan fingerprint density at radius 2 is 1.61 bits per heavy atom. The number of hydrogen-bond acceptors (Lipinski definition) is 6. The fourth-order valence-electron chi connectivity index (χ4n) is 4.05. The first-order valence-electron chi connectivity index (χ1n) is 11.8. The number of benzene rings is 2. The number of likely N-dealkylation sites (tertiary alicyclic amines) is 1. The summed E-state index contributed by atoms with van der Waals surface area (Å²) >= 11 is 0. The SMILES string of the molecule is CCOc1cc(C(=O)NC2CCN(Cc3cccc(OC)c3)CC2)cc(OCC)c1OCC. The van der Waals surface area contributed by atoms with Gasteiger partial charge in [0.15, 0.2) is 11.5 Å². The number of rotatable bonds is 11. The topological polar surface area (TPSA) is 69.3 Å². The molecule has 0 bridgehead atoms. The molecule has 0 spiro atoms. The van der Waals surface area contributed by atoms with E-state index in [0.717, 1.165) is 38.2 Å². The van der Waals surface area contributed by atoms with Crippen LogP contribution < -0.4 is 24.3 Å². The van der Waals surface area contributed by atoms with Gasteiger partial charge in [0.05, 0.1) is 26.9 Å². The van der Waals surface area contributed by atoms with E-state index in [9.17, 15) is 4.79 Å². The Bertz CT molecular complexity index is 882. The highest BCUT2D eigenvalue weighted by molar-refractivity contribution is 5.95. The lowest BCUT2D eigenvalue weighted by molar-refractivity contribution is 0.0907. The fourth-order valence-corrected chi connectivity index (χ4v) is 4.05. The molecule has 1 heterocycles. The van der Waals surface area contributed by atoms with Crippen LogP contribution in [0, 0.1) is 0 Å². The van der Waals surface area contributed by atoms with Gasteiger partial charge >= 0.3 is 0 Å². The maximum atomic E-state index is 13.0. The van der Waals surface area contributed by atoms with E-state index in [-0.39, 0.29) is 11.9 Å². The average molecular weight is 457 g/mol. The van der Waals surface area contributed by atoms with E-state index < -0.39 is 0 Å². The van der Waals surface area contributed by atoms with E-state index in [2.05, 4.69) is 22.3 Å². The highest BCUT2D eigenvalue weighted by Gasteiger charge is 2.23. The molecule has 7 heteroatoms. The third-order valence-electron chi connectivity index (χ3n) is 5.63. The monoisotopic (exact) mass is 456 g/mol. The van der Waals surface area contributed by atoms with Gasteiger partial charge in [-0.15, -0.1) is 0 Å². The molecule has 0 saturated carbocycles. The van der Waals surface area contributed by atoms with Gasteiger partial charge in [0.2, 0.25) is 5.75 Å². The summed E-state index contributed by atoms with van der Waals surface area (Å²) in [5.41, 5.74) is 1.75. The van der Waals surface area contributed by atoms with E-state index in [1.165, 1.54) is 5.56 Å². The van der Waals surface area contributed by atoms with Crippen molar-refractivity contribution < 1.29 is 23.7 Å². The number of ether oxygens (including phenoxy) is 4. The van der Waals surface area contributed by atoms with Gasteiger partial charge in [0.25, 0.3) is 5.91 Å². The Balaban J connectivity index is 1.62. The minimum absolute atomic E-state index is 0.119. The van der Waals surface area contributed by atoms with Crippen LogP contribution in [0.2, 0.25) is 0 Å². The van der Waals surface area contributed by atoms with Gasteiger partial charge in [-0.2, -0.15) is 0 Å². The Hall–Kier alpha value is -2.93. The van der Waals surface area contributed by atoms with E-state index in [1.54, 1.807) is 19.2 Å². The van der Waals surface area contributed by atoms with Crippen LogP contribution in [0.1, 0.15) is 49.5 Å². The Morgan fingerprint density at radius 1 is 0.970 bits per heavy atom. The van der Waals surface area contributed by atoms with Crippen LogP contribution in [0.25, 0.3) is 0 Å². The van der Waals surface area contributed by atoms with Crippen LogP contribution in [0.4, 0.5) is 0 Å². The molecule has 1 fully saturated rings. The van der Waals surface area contributed by atoms with Crippen LogP contribution in [-0.2, 0) is 6.54 Å². The molecular formula is C26H36N2O5. The highest BCUT2D eigenvalue weighted by Crippen LogP contribution is 2.39. The lowest BCUT2D eigenvalue weighted by Crippen LogP contribution is -2.44. The Labute approximate surface area is 197 Å². The number of carbonyl (C=O) groups excluding carboxylic acids is 1. The fraction of sp³-hybridized carbons (Fsp3) is 0.500. The number of nitrogens with one attached hydrogen (secondary N) is 1. The number of piperidine rings is 1. The second-order valence-corrected chi connectivity index (χ2v) is 7.98.